The maximum atomic E-state index is 11.5. The molecule has 1 aliphatic rings. The normalized spacial score (nSPS) is 18.9. The minimum atomic E-state index is -0.784. The summed E-state index contributed by atoms with van der Waals surface area (Å²) in [6.45, 7) is 4.68. The molecule has 5 heteroatoms. The van der Waals surface area contributed by atoms with Gasteiger partial charge >= 0.3 is 0 Å². The molecule has 0 spiro atoms. The van der Waals surface area contributed by atoms with Crippen molar-refractivity contribution < 1.29 is 19.4 Å². The standard InChI is InChI=1S/C12H23NO4/c1-2-16-7-3-4-11(14)13-10-12(15)5-8-17-9-6-12/h15H,2-10H2,1H3,(H,13,14). The molecule has 5 nitrogen and oxygen atoms in total. The molecule has 1 heterocycles. The second kappa shape index (κ2) is 7.63. The Morgan fingerprint density at radius 2 is 2.18 bits per heavy atom. The minimum absolute atomic E-state index is 0.0235. The topological polar surface area (TPSA) is 67.8 Å². The van der Waals surface area contributed by atoms with E-state index in [4.69, 9.17) is 9.47 Å². The maximum absolute atomic E-state index is 11.5. The van der Waals surface area contributed by atoms with Crippen molar-refractivity contribution in [2.24, 2.45) is 0 Å². The molecule has 1 amide bonds. The van der Waals surface area contributed by atoms with Gasteiger partial charge in [0.2, 0.25) is 5.91 Å². The van der Waals surface area contributed by atoms with Gasteiger partial charge in [-0.2, -0.15) is 0 Å². The smallest absolute Gasteiger partial charge is 0.220 e. The van der Waals surface area contributed by atoms with Crippen molar-refractivity contribution in [3.05, 3.63) is 0 Å². The lowest BCUT2D eigenvalue weighted by molar-refractivity contribution is -0.124. The average molecular weight is 245 g/mol. The first-order valence-electron chi connectivity index (χ1n) is 6.31. The summed E-state index contributed by atoms with van der Waals surface area (Å²) in [5, 5.41) is 12.9. The number of hydrogen-bond acceptors (Lipinski definition) is 4. The third kappa shape index (κ3) is 6.00. The molecule has 0 aromatic rings. The SMILES string of the molecule is CCOCCCC(=O)NCC1(O)CCOCC1. The van der Waals surface area contributed by atoms with Crippen molar-refractivity contribution in [3.63, 3.8) is 0 Å². The molecular formula is C12H23NO4. The Hall–Kier alpha value is -0.650. The lowest BCUT2D eigenvalue weighted by Gasteiger charge is -2.32. The summed E-state index contributed by atoms with van der Waals surface area (Å²) >= 11 is 0. The number of nitrogens with one attached hydrogen (secondary N) is 1. The quantitative estimate of drug-likeness (QED) is 0.639. The van der Waals surface area contributed by atoms with Gasteiger partial charge in [-0.3, -0.25) is 4.79 Å². The van der Waals surface area contributed by atoms with Gasteiger partial charge in [-0.1, -0.05) is 0 Å². The van der Waals surface area contributed by atoms with Crippen LogP contribution in [0, 0.1) is 0 Å². The molecule has 2 N–H and O–H groups in total. The van der Waals surface area contributed by atoms with Gasteiger partial charge in [-0.15, -0.1) is 0 Å². The zero-order valence-electron chi connectivity index (χ0n) is 10.5. The summed E-state index contributed by atoms with van der Waals surface area (Å²) in [4.78, 5) is 11.5. The summed E-state index contributed by atoms with van der Waals surface area (Å²) in [6.07, 6.45) is 2.35. The van der Waals surface area contributed by atoms with E-state index in [2.05, 4.69) is 5.32 Å². The van der Waals surface area contributed by atoms with Crippen molar-refractivity contribution in [1.29, 1.82) is 0 Å². The lowest BCUT2D eigenvalue weighted by atomic mass is 9.94. The number of aliphatic hydroxyl groups is 1. The van der Waals surface area contributed by atoms with Gasteiger partial charge < -0.3 is 19.9 Å². The summed E-state index contributed by atoms with van der Waals surface area (Å²) < 4.78 is 10.3. The highest BCUT2D eigenvalue weighted by Crippen LogP contribution is 2.19. The van der Waals surface area contributed by atoms with E-state index in [1.54, 1.807) is 0 Å². The van der Waals surface area contributed by atoms with Gasteiger partial charge in [0.05, 0.1) is 5.60 Å². The molecule has 0 atom stereocenters. The molecule has 0 aromatic heterocycles. The molecule has 0 radical (unpaired) electrons. The monoisotopic (exact) mass is 245 g/mol. The van der Waals surface area contributed by atoms with Crippen molar-refractivity contribution in [2.75, 3.05) is 33.0 Å². The summed E-state index contributed by atoms with van der Waals surface area (Å²) in [6, 6.07) is 0. The molecule has 0 aliphatic carbocycles. The Bertz CT molecular complexity index is 227. The predicted octanol–water partition coefficient (Wildman–Crippen LogP) is 0.461. The van der Waals surface area contributed by atoms with Gasteiger partial charge in [0, 0.05) is 52.2 Å². The van der Waals surface area contributed by atoms with Crippen molar-refractivity contribution in [2.45, 2.75) is 38.2 Å². The molecule has 1 fully saturated rings. The Kier molecular flexibility index (Phi) is 6.47. The number of carbonyl (C=O) groups is 1. The maximum Gasteiger partial charge on any atom is 0.220 e. The van der Waals surface area contributed by atoms with E-state index in [0.29, 0.717) is 52.2 Å². The van der Waals surface area contributed by atoms with Crippen LogP contribution >= 0.6 is 0 Å². The summed E-state index contributed by atoms with van der Waals surface area (Å²) in [5.41, 5.74) is -0.784. The van der Waals surface area contributed by atoms with E-state index < -0.39 is 5.60 Å². The van der Waals surface area contributed by atoms with E-state index in [0.717, 1.165) is 6.42 Å². The van der Waals surface area contributed by atoms with E-state index in [1.807, 2.05) is 6.92 Å². The number of rotatable bonds is 7. The highest BCUT2D eigenvalue weighted by Gasteiger charge is 2.29. The summed E-state index contributed by atoms with van der Waals surface area (Å²) in [5.74, 6) is -0.0235. The van der Waals surface area contributed by atoms with E-state index >= 15 is 0 Å². The van der Waals surface area contributed by atoms with Crippen LogP contribution in [0.2, 0.25) is 0 Å². The Morgan fingerprint density at radius 3 is 2.82 bits per heavy atom. The van der Waals surface area contributed by atoms with E-state index in [-0.39, 0.29) is 5.91 Å². The third-order valence-corrected chi connectivity index (χ3v) is 2.93. The van der Waals surface area contributed by atoms with Gasteiger partial charge in [0.15, 0.2) is 0 Å². The second-order valence-electron chi connectivity index (χ2n) is 4.41. The highest BCUT2D eigenvalue weighted by atomic mass is 16.5. The van der Waals surface area contributed by atoms with Crippen LogP contribution < -0.4 is 5.32 Å². The minimum Gasteiger partial charge on any atom is -0.388 e. The van der Waals surface area contributed by atoms with Gasteiger partial charge in [0.1, 0.15) is 0 Å². The Morgan fingerprint density at radius 1 is 1.47 bits per heavy atom. The molecule has 0 bridgehead atoms. The first kappa shape index (κ1) is 14.4. The van der Waals surface area contributed by atoms with E-state index in [9.17, 15) is 9.90 Å². The van der Waals surface area contributed by atoms with Crippen molar-refractivity contribution in [3.8, 4) is 0 Å². The van der Waals surface area contributed by atoms with Crippen LogP contribution in [0.15, 0.2) is 0 Å². The molecule has 0 unspecified atom stereocenters. The predicted molar refractivity (Wildman–Crippen MR) is 63.7 cm³/mol. The molecule has 0 aromatic carbocycles. The van der Waals surface area contributed by atoms with Crippen LogP contribution in [0.4, 0.5) is 0 Å². The highest BCUT2D eigenvalue weighted by molar-refractivity contribution is 5.75. The number of amides is 1. The second-order valence-corrected chi connectivity index (χ2v) is 4.41. The number of ether oxygens (including phenoxy) is 2. The molecule has 1 rings (SSSR count). The van der Waals surface area contributed by atoms with Crippen LogP contribution in [0.25, 0.3) is 0 Å². The van der Waals surface area contributed by atoms with Gasteiger partial charge in [-0.25, -0.2) is 0 Å². The van der Waals surface area contributed by atoms with E-state index in [1.165, 1.54) is 0 Å². The van der Waals surface area contributed by atoms with Crippen molar-refractivity contribution >= 4 is 5.91 Å². The first-order valence-corrected chi connectivity index (χ1v) is 6.31. The van der Waals surface area contributed by atoms with Crippen LogP contribution in [-0.4, -0.2) is 49.6 Å². The van der Waals surface area contributed by atoms with Crippen LogP contribution in [0.3, 0.4) is 0 Å². The molecule has 0 saturated carbocycles. The van der Waals surface area contributed by atoms with Crippen LogP contribution in [-0.2, 0) is 14.3 Å². The number of carbonyl (C=O) groups excluding carboxylic acids is 1. The Labute approximate surface area is 102 Å². The molecule has 1 aliphatic heterocycles. The van der Waals surface area contributed by atoms with Gasteiger partial charge in [-0.05, 0) is 13.3 Å². The van der Waals surface area contributed by atoms with Crippen LogP contribution in [0.1, 0.15) is 32.6 Å². The van der Waals surface area contributed by atoms with Gasteiger partial charge in [0.25, 0.3) is 0 Å². The van der Waals surface area contributed by atoms with Crippen LogP contribution in [0.5, 0.6) is 0 Å². The zero-order valence-corrected chi connectivity index (χ0v) is 10.5. The summed E-state index contributed by atoms with van der Waals surface area (Å²) in [7, 11) is 0. The fourth-order valence-corrected chi connectivity index (χ4v) is 1.76. The molecule has 17 heavy (non-hydrogen) atoms. The zero-order chi connectivity index (χ0) is 12.6. The average Bonchev–Trinajstić information content (AvgIpc) is 2.33. The number of hydrogen-bond donors (Lipinski definition) is 2. The first-order chi connectivity index (χ1) is 8.16. The van der Waals surface area contributed by atoms with Crippen molar-refractivity contribution in [1.82, 2.24) is 5.32 Å². The fourth-order valence-electron chi connectivity index (χ4n) is 1.76. The Balaban J connectivity index is 2.10. The molecule has 1 saturated heterocycles. The fraction of sp³-hybridized carbons (Fsp3) is 0.917. The largest absolute Gasteiger partial charge is 0.388 e. The lowest BCUT2D eigenvalue weighted by Crippen LogP contribution is -2.46. The third-order valence-electron chi connectivity index (χ3n) is 2.93. The molecule has 100 valence electrons. The molecular weight excluding hydrogens is 222 g/mol.